The van der Waals surface area contributed by atoms with Gasteiger partial charge in [-0.2, -0.15) is 0 Å². The summed E-state index contributed by atoms with van der Waals surface area (Å²) in [5, 5.41) is 0. The molecule has 4 heteroatoms. The lowest BCUT2D eigenvalue weighted by atomic mass is 10.0. The number of halogens is 3. The predicted octanol–water partition coefficient (Wildman–Crippen LogP) is 2.97. The van der Waals surface area contributed by atoms with Crippen LogP contribution in [-0.2, 0) is 10.3 Å². The highest BCUT2D eigenvalue weighted by atomic mass is 79.9. The molecule has 1 nitrogen and oxygen atoms in total. The van der Waals surface area contributed by atoms with E-state index in [0.717, 1.165) is 0 Å². The summed E-state index contributed by atoms with van der Waals surface area (Å²) in [6, 6.07) is 2.48. The molecule has 0 amide bonds. The number of benzene rings is 1. The van der Waals surface area contributed by atoms with E-state index < -0.39 is 17.2 Å². The summed E-state index contributed by atoms with van der Waals surface area (Å²) in [5.74, 6) is -1.13. The van der Waals surface area contributed by atoms with Crippen molar-refractivity contribution >= 4 is 15.9 Å². The smallest absolute Gasteiger partial charge is 0.133 e. The van der Waals surface area contributed by atoms with Crippen LogP contribution in [0.15, 0.2) is 16.6 Å². The topological polar surface area (TPSA) is 12.5 Å². The van der Waals surface area contributed by atoms with E-state index in [2.05, 4.69) is 15.9 Å². The van der Waals surface area contributed by atoms with Crippen molar-refractivity contribution in [2.24, 2.45) is 0 Å². The minimum absolute atomic E-state index is 0.0238. The lowest BCUT2D eigenvalue weighted by Gasteiger charge is -2.08. The average Bonchev–Trinajstić information content (AvgIpc) is 2.65. The van der Waals surface area contributed by atoms with Gasteiger partial charge in [-0.15, -0.1) is 0 Å². The molecule has 1 aliphatic rings. The van der Waals surface area contributed by atoms with Gasteiger partial charge in [0.2, 0.25) is 0 Å². The zero-order valence-electron chi connectivity index (χ0n) is 6.90. The Morgan fingerprint density at radius 1 is 1.38 bits per heavy atom. The zero-order valence-corrected chi connectivity index (χ0v) is 8.49. The monoisotopic (exact) mass is 248 g/mol. The SMILES string of the molecule is CC1(c2c(F)cc(Br)cc2F)CO1. The zero-order chi connectivity index (χ0) is 9.64. The molecule has 13 heavy (non-hydrogen) atoms. The molecule has 70 valence electrons. The van der Waals surface area contributed by atoms with Gasteiger partial charge in [-0.3, -0.25) is 0 Å². The summed E-state index contributed by atoms with van der Waals surface area (Å²) in [4.78, 5) is 0. The van der Waals surface area contributed by atoms with Crippen LogP contribution in [0.2, 0.25) is 0 Å². The first kappa shape index (κ1) is 9.09. The van der Waals surface area contributed by atoms with Gasteiger partial charge in [0.15, 0.2) is 0 Å². The van der Waals surface area contributed by atoms with Crippen LogP contribution < -0.4 is 0 Å². The summed E-state index contributed by atoms with van der Waals surface area (Å²) in [6.45, 7) is 2.05. The maximum absolute atomic E-state index is 13.3. The average molecular weight is 249 g/mol. The molecule has 1 heterocycles. The molecular weight excluding hydrogens is 242 g/mol. The number of hydrogen-bond donors (Lipinski definition) is 0. The molecule has 1 fully saturated rings. The summed E-state index contributed by atoms with van der Waals surface area (Å²) in [5.41, 5.74) is -0.731. The van der Waals surface area contributed by atoms with E-state index in [4.69, 9.17) is 4.74 Å². The minimum atomic E-state index is -0.755. The highest BCUT2D eigenvalue weighted by Crippen LogP contribution is 2.41. The van der Waals surface area contributed by atoms with Crippen molar-refractivity contribution in [2.45, 2.75) is 12.5 Å². The molecule has 1 saturated heterocycles. The second kappa shape index (κ2) is 2.75. The highest BCUT2D eigenvalue weighted by Gasteiger charge is 2.45. The molecule has 1 atom stereocenters. The van der Waals surface area contributed by atoms with E-state index in [1.807, 2.05) is 0 Å². The van der Waals surface area contributed by atoms with Gasteiger partial charge in [0.1, 0.15) is 17.2 Å². The molecule has 0 aromatic heterocycles. The fourth-order valence-electron chi connectivity index (χ4n) is 1.30. The second-order valence-electron chi connectivity index (χ2n) is 3.26. The number of hydrogen-bond acceptors (Lipinski definition) is 1. The molecule has 1 aromatic carbocycles. The van der Waals surface area contributed by atoms with E-state index in [1.165, 1.54) is 12.1 Å². The van der Waals surface area contributed by atoms with Crippen molar-refractivity contribution < 1.29 is 13.5 Å². The molecule has 0 radical (unpaired) electrons. The van der Waals surface area contributed by atoms with Crippen LogP contribution >= 0.6 is 15.9 Å². The summed E-state index contributed by atoms with van der Waals surface area (Å²) in [7, 11) is 0. The molecule has 2 rings (SSSR count). The Labute approximate surface area is 82.8 Å². The molecule has 0 spiro atoms. The minimum Gasteiger partial charge on any atom is -0.365 e. The highest BCUT2D eigenvalue weighted by molar-refractivity contribution is 9.10. The van der Waals surface area contributed by atoms with Crippen molar-refractivity contribution in [3.05, 3.63) is 33.8 Å². The van der Waals surface area contributed by atoms with Crippen LogP contribution in [0.4, 0.5) is 8.78 Å². The lowest BCUT2D eigenvalue weighted by molar-refractivity contribution is 0.312. The second-order valence-corrected chi connectivity index (χ2v) is 4.18. The Balaban J connectivity index is 2.57. The Hall–Kier alpha value is -0.480. The van der Waals surface area contributed by atoms with Crippen LogP contribution in [0, 0.1) is 11.6 Å². The third-order valence-electron chi connectivity index (χ3n) is 2.11. The summed E-state index contributed by atoms with van der Waals surface area (Å²) >= 11 is 3.01. The van der Waals surface area contributed by atoms with E-state index in [1.54, 1.807) is 6.92 Å². The number of ether oxygens (including phenoxy) is 1. The van der Waals surface area contributed by atoms with Crippen molar-refractivity contribution in [1.29, 1.82) is 0 Å². The van der Waals surface area contributed by atoms with Crippen LogP contribution in [0.5, 0.6) is 0 Å². The van der Waals surface area contributed by atoms with Gasteiger partial charge in [0, 0.05) is 4.47 Å². The molecule has 0 aliphatic carbocycles. The first-order valence-electron chi connectivity index (χ1n) is 3.82. The summed E-state index contributed by atoms with van der Waals surface area (Å²) in [6.07, 6.45) is 0. The third-order valence-corrected chi connectivity index (χ3v) is 2.57. The summed E-state index contributed by atoms with van der Waals surface area (Å²) < 4.78 is 32.0. The van der Waals surface area contributed by atoms with Gasteiger partial charge >= 0.3 is 0 Å². The Morgan fingerprint density at radius 3 is 2.23 bits per heavy atom. The molecule has 0 bridgehead atoms. The Kier molecular flexibility index (Phi) is 1.92. The van der Waals surface area contributed by atoms with E-state index in [-0.39, 0.29) is 5.56 Å². The fourth-order valence-corrected chi connectivity index (χ4v) is 1.70. The fraction of sp³-hybridized carbons (Fsp3) is 0.333. The van der Waals surface area contributed by atoms with E-state index in [9.17, 15) is 8.78 Å². The molecule has 1 aliphatic heterocycles. The van der Waals surface area contributed by atoms with E-state index in [0.29, 0.717) is 11.1 Å². The third kappa shape index (κ3) is 1.48. The molecule has 1 aromatic rings. The quantitative estimate of drug-likeness (QED) is 0.697. The number of epoxide rings is 1. The van der Waals surface area contributed by atoms with Crippen molar-refractivity contribution in [3.8, 4) is 0 Å². The van der Waals surface area contributed by atoms with Crippen molar-refractivity contribution in [1.82, 2.24) is 0 Å². The van der Waals surface area contributed by atoms with Gasteiger partial charge in [-0.05, 0) is 19.1 Å². The van der Waals surface area contributed by atoms with Crippen molar-refractivity contribution in [3.63, 3.8) is 0 Å². The molecular formula is C9H7BrF2O. The van der Waals surface area contributed by atoms with Gasteiger partial charge in [-0.25, -0.2) is 8.78 Å². The van der Waals surface area contributed by atoms with Crippen LogP contribution in [0.3, 0.4) is 0 Å². The Morgan fingerprint density at radius 2 is 1.85 bits per heavy atom. The predicted molar refractivity (Wildman–Crippen MR) is 47.4 cm³/mol. The standard InChI is InChI=1S/C9H7BrF2O/c1-9(4-13-9)8-6(11)2-5(10)3-7(8)12/h2-3H,4H2,1H3. The normalized spacial score (nSPS) is 26.2. The van der Waals surface area contributed by atoms with E-state index >= 15 is 0 Å². The van der Waals surface area contributed by atoms with Gasteiger partial charge in [-0.1, -0.05) is 15.9 Å². The number of rotatable bonds is 1. The molecule has 1 unspecified atom stereocenters. The maximum atomic E-state index is 13.3. The van der Waals surface area contributed by atoms with Crippen LogP contribution in [0.25, 0.3) is 0 Å². The van der Waals surface area contributed by atoms with Gasteiger partial charge in [0.25, 0.3) is 0 Å². The van der Waals surface area contributed by atoms with Gasteiger partial charge < -0.3 is 4.74 Å². The van der Waals surface area contributed by atoms with Gasteiger partial charge in [0.05, 0.1) is 12.2 Å². The first-order chi connectivity index (χ1) is 6.03. The molecule has 0 N–H and O–H groups in total. The lowest BCUT2D eigenvalue weighted by Crippen LogP contribution is -2.08. The largest absolute Gasteiger partial charge is 0.365 e. The maximum Gasteiger partial charge on any atom is 0.133 e. The van der Waals surface area contributed by atoms with Crippen LogP contribution in [-0.4, -0.2) is 6.61 Å². The molecule has 0 saturated carbocycles. The van der Waals surface area contributed by atoms with Crippen molar-refractivity contribution in [2.75, 3.05) is 6.61 Å². The first-order valence-corrected chi connectivity index (χ1v) is 4.61. The van der Waals surface area contributed by atoms with Crippen LogP contribution in [0.1, 0.15) is 12.5 Å². The Bertz CT molecular complexity index is 338.